The number of sulfonamides is 1. The highest BCUT2D eigenvalue weighted by atomic mass is 32.2. The van der Waals surface area contributed by atoms with Gasteiger partial charge in [-0.05, 0) is 31.3 Å². The molecule has 8 heteroatoms. The highest BCUT2D eigenvalue weighted by Crippen LogP contribution is 2.18. The van der Waals surface area contributed by atoms with Crippen molar-refractivity contribution < 1.29 is 13.2 Å². The second-order valence-corrected chi connectivity index (χ2v) is 8.56. The lowest BCUT2D eigenvalue weighted by atomic mass is 10.2. The molecule has 1 aliphatic rings. The molecule has 22 heavy (non-hydrogen) atoms. The summed E-state index contributed by atoms with van der Waals surface area (Å²) in [6, 6.07) is 3.98. The van der Waals surface area contributed by atoms with Crippen LogP contribution in [-0.4, -0.2) is 62.5 Å². The highest BCUT2D eigenvalue weighted by Gasteiger charge is 2.22. The first-order valence-electron chi connectivity index (χ1n) is 7.36. The summed E-state index contributed by atoms with van der Waals surface area (Å²) in [5, 5.41) is 4.98. The first kappa shape index (κ1) is 17.4. The molecule has 0 spiro atoms. The smallest absolute Gasteiger partial charge is 0.234 e. The fourth-order valence-corrected chi connectivity index (χ4v) is 4.14. The number of carbonyl (C=O) groups excluding carboxylic acids is 1. The van der Waals surface area contributed by atoms with Crippen LogP contribution in [0, 0.1) is 0 Å². The van der Waals surface area contributed by atoms with Gasteiger partial charge in [0, 0.05) is 24.5 Å². The molecule has 0 radical (unpaired) electrons. The van der Waals surface area contributed by atoms with Gasteiger partial charge < -0.3 is 5.32 Å². The number of carbonyl (C=O) groups is 1. The van der Waals surface area contributed by atoms with Gasteiger partial charge in [-0.3, -0.25) is 9.69 Å². The molecular formula is C14H23N3O3S2. The first-order chi connectivity index (χ1) is 10.4. The van der Waals surface area contributed by atoms with E-state index in [9.17, 15) is 13.2 Å². The maximum Gasteiger partial charge on any atom is 0.234 e. The van der Waals surface area contributed by atoms with E-state index in [0.29, 0.717) is 26.2 Å². The summed E-state index contributed by atoms with van der Waals surface area (Å²) in [6.45, 7) is 4.60. The lowest BCUT2D eigenvalue weighted by Crippen LogP contribution is -2.40. The van der Waals surface area contributed by atoms with E-state index < -0.39 is 10.0 Å². The zero-order valence-electron chi connectivity index (χ0n) is 13.0. The molecule has 0 aliphatic carbocycles. The Morgan fingerprint density at radius 3 is 2.77 bits per heavy atom. The molecule has 2 rings (SSSR count). The topological polar surface area (TPSA) is 69.7 Å². The molecule has 0 unspecified atom stereocenters. The molecule has 1 amide bonds. The minimum absolute atomic E-state index is 0.00648. The summed E-state index contributed by atoms with van der Waals surface area (Å²) < 4.78 is 24.6. The van der Waals surface area contributed by atoms with E-state index >= 15 is 0 Å². The Balaban J connectivity index is 1.82. The number of hydrogen-bond acceptors (Lipinski definition) is 5. The molecule has 0 saturated carbocycles. The van der Waals surface area contributed by atoms with Crippen LogP contribution in [0.2, 0.25) is 0 Å². The summed E-state index contributed by atoms with van der Waals surface area (Å²) in [4.78, 5) is 15.3. The third kappa shape index (κ3) is 5.05. The van der Waals surface area contributed by atoms with E-state index in [-0.39, 0.29) is 11.9 Å². The predicted octanol–water partition coefficient (Wildman–Crippen LogP) is 0.893. The molecule has 1 saturated heterocycles. The molecule has 124 valence electrons. The van der Waals surface area contributed by atoms with Crippen LogP contribution in [-0.2, 0) is 14.8 Å². The summed E-state index contributed by atoms with van der Waals surface area (Å²) in [5.41, 5.74) is 0. The van der Waals surface area contributed by atoms with Gasteiger partial charge in [0.25, 0.3) is 0 Å². The van der Waals surface area contributed by atoms with E-state index in [0.717, 1.165) is 17.8 Å². The molecule has 2 heterocycles. The number of rotatable bonds is 5. The molecule has 1 aliphatic heterocycles. The van der Waals surface area contributed by atoms with Gasteiger partial charge >= 0.3 is 0 Å². The Labute approximate surface area is 136 Å². The molecule has 6 nitrogen and oxygen atoms in total. The van der Waals surface area contributed by atoms with E-state index in [2.05, 4.69) is 5.32 Å². The average Bonchev–Trinajstić information content (AvgIpc) is 2.85. The Morgan fingerprint density at radius 1 is 1.36 bits per heavy atom. The van der Waals surface area contributed by atoms with E-state index in [1.165, 1.54) is 10.6 Å². The minimum atomic E-state index is -3.14. The largest absolute Gasteiger partial charge is 0.348 e. The van der Waals surface area contributed by atoms with Crippen molar-refractivity contribution in [2.75, 3.05) is 39.0 Å². The van der Waals surface area contributed by atoms with Crippen molar-refractivity contribution in [2.45, 2.75) is 19.4 Å². The molecule has 1 fully saturated rings. The number of thiophene rings is 1. The van der Waals surface area contributed by atoms with Gasteiger partial charge in [-0.1, -0.05) is 6.07 Å². The second kappa shape index (κ2) is 7.54. The zero-order chi connectivity index (χ0) is 16.2. The SMILES string of the molecule is C[C@H](NC(=O)CN1CCCN(S(C)(=O)=O)CC1)c1cccs1. The van der Waals surface area contributed by atoms with E-state index in [1.54, 1.807) is 11.3 Å². The van der Waals surface area contributed by atoms with Crippen molar-refractivity contribution in [3.63, 3.8) is 0 Å². The van der Waals surface area contributed by atoms with Gasteiger partial charge in [0.2, 0.25) is 15.9 Å². The van der Waals surface area contributed by atoms with E-state index in [1.807, 2.05) is 29.3 Å². The number of nitrogens with one attached hydrogen (secondary N) is 1. The third-order valence-electron chi connectivity index (χ3n) is 3.73. The number of amides is 1. The second-order valence-electron chi connectivity index (χ2n) is 5.60. The first-order valence-corrected chi connectivity index (χ1v) is 10.1. The Kier molecular flexibility index (Phi) is 5.96. The van der Waals surface area contributed by atoms with Gasteiger partial charge in [0.05, 0.1) is 18.8 Å². The standard InChI is InChI=1S/C14H23N3O3S2/c1-12(13-5-3-10-21-13)15-14(18)11-16-6-4-7-17(9-8-16)22(2,19)20/h3,5,10,12H,4,6-9,11H2,1-2H3,(H,15,18)/t12-/m0/s1. The van der Waals surface area contributed by atoms with Crippen LogP contribution in [0.25, 0.3) is 0 Å². The van der Waals surface area contributed by atoms with Crippen molar-refractivity contribution in [3.8, 4) is 0 Å². The minimum Gasteiger partial charge on any atom is -0.348 e. The average molecular weight is 345 g/mol. The van der Waals surface area contributed by atoms with Crippen LogP contribution >= 0.6 is 11.3 Å². The lowest BCUT2D eigenvalue weighted by Gasteiger charge is -2.21. The molecule has 1 N–H and O–H groups in total. The zero-order valence-corrected chi connectivity index (χ0v) is 14.6. The van der Waals surface area contributed by atoms with Crippen molar-refractivity contribution in [2.24, 2.45) is 0 Å². The van der Waals surface area contributed by atoms with Crippen molar-refractivity contribution in [1.29, 1.82) is 0 Å². The normalized spacial score (nSPS) is 19.5. The Bertz CT molecular complexity index is 586. The number of nitrogens with zero attached hydrogens (tertiary/aromatic N) is 2. The fraction of sp³-hybridized carbons (Fsp3) is 0.643. The molecule has 0 aromatic carbocycles. The van der Waals surface area contributed by atoms with Crippen molar-refractivity contribution in [1.82, 2.24) is 14.5 Å². The van der Waals surface area contributed by atoms with Crippen LogP contribution in [0.4, 0.5) is 0 Å². The van der Waals surface area contributed by atoms with Crippen LogP contribution < -0.4 is 5.32 Å². The summed E-state index contributed by atoms with van der Waals surface area (Å²) in [7, 11) is -3.14. The van der Waals surface area contributed by atoms with Gasteiger partial charge in [-0.2, -0.15) is 0 Å². The summed E-state index contributed by atoms with van der Waals surface area (Å²) >= 11 is 1.62. The van der Waals surface area contributed by atoms with Crippen LogP contribution in [0.5, 0.6) is 0 Å². The monoisotopic (exact) mass is 345 g/mol. The highest BCUT2D eigenvalue weighted by molar-refractivity contribution is 7.88. The fourth-order valence-electron chi connectivity index (χ4n) is 2.54. The van der Waals surface area contributed by atoms with Crippen LogP contribution in [0.15, 0.2) is 17.5 Å². The molecule has 0 bridgehead atoms. The van der Waals surface area contributed by atoms with Crippen LogP contribution in [0.3, 0.4) is 0 Å². The van der Waals surface area contributed by atoms with E-state index in [4.69, 9.17) is 0 Å². The van der Waals surface area contributed by atoms with Crippen molar-refractivity contribution in [3.05, 3.63) is 22.4 Å². The van der Waals surface area contributed by atoms with Gasteiger partial charge in [-0.25, -0.2) is 12.7 Å². The Morgan fingerprint density at radius 2 is 2.14 bits per heavy atom. The van der Waals surface area contributed by atoms with Gasteiger partial charge in [-0.15, -0.1) is 11.3 Å². The maximum absolute atomic E-state index is 12.1. The van der Waals surface area contributed by atoms with Gasteiger partial charge in [0.15, 0.2) is 0 Å². The predicted molar refractivity (Wildman–Crippen MR) is 88.4 cm³/mol. The molecular weight excluding hydrogens is 322 g/mol. The quantitative estimate of drug-likeness (QED) is 0.861. The molecule has 1 atom stereocenters. The summed E-state index contributed by atoms with van der Waals surface area (Å²) in [5.74, 6) is -0.0197. The third-order valence-corrected chi connectivity index (χ3v) is 6.09. The molecule has 1 aromatic heterocycles. The van der Waals surface area contributed by atoms with Crippen LogP contribution in [0.1, 0.15) is 24.3 Å². The van der Waals surface area contributed by atoms with Crippen molar-refractivity contribution >= 4 is 27.3 Å². The lowest BCUT2D eigenvalue weighted by molar-refractivity contribution is -0.122. The van der Waals surface area contributed by atoms with Gasteiger partial charge in [0.1, 0.15) is 0 Å². The number of hydrogen-bond donors (Lipinski definition) is 1. The Hall–Kier alpha value is -0.960. The molecule has 1 aromatic rings. The summed E-state index contributed by atoms with van der Waals surface area (Å²) in [6.07, 6.45) is 1.99. The maximum atomic E-state index is 12.1.